The average molecular weight is 197 g/mol. The summed E-state index contributed by atoms with van der Waals surface area (Å²) in [6, 6.07) is -0.702. The Labute approximate surface area is 73.5 Å². The van der Waals surface area contributed by atoms with Crippen LogP contribution in [0.2, 0.25) is 0 Å². The Bertz CT molecular complexity index is 204. The third-order valence-corrected chi connectivity index (χ3v) is 1.99. The Balaban J connectivity index is 2.41. The second-order valence-electron chi connectivity index (χ2n) is 2.91. The Morgan fingerprint density at radius 2 is 2.23 bits per heavy atom. The van der Waals surface area contributed by atoms with Crippen LogP contribution in [0.3, 0.4) is 0 Å². The summed E-state index contributed by atoms with van der Waals surface area (Å²) < 4.78 is 40.0. The first kappa shape index (κ1) is 10.3. The lowest BCUT2D eigenvalue weighted by Gasteiger charge is -2.38. The van der Waals surface area contributed by atoms with E-state index in [0.29, 0.717) is 13.0 Å². The summed E-state index contributed by atoms with van der Waals surface area (Å²) in [5, 5.41) is 0. The topological polar surface area (TPSA) is 29.5 Å². The molecule has 0 amide bonds. The molecule has 0 aromatic heterocycles. The number of hydrogen-bond acceptors (Lipinski definition) is 3. The van der Waals surface area contributed by atoms with Crippen LogP contribution in [0.25, 0.3) is 0 Å². The van der Waals surface area contributed by atoms with Gasteiger partial charge in [0.25, 0.3) is 0 Å². The van der Waals surface area contributed by atoms with Crippen molar-refractivity contribution in [1.82, 2.24) is 4.90 Å². The minimum Gasteiger partial charge on any atom is -0.468 e. The zero-order valence-corrected chi connectivity index (χ0v) is 7.10. The highest BCUT2D eigenvalue weighted by molar-refractivity contribution is 5.76. The number of nitrogens with zero attached hydrogens (tertiary/aromatic N) is 1. The monoisotopic (exact) mass is 197 g/mol. The maximum absolute atomic E-state index is 11.9. The number of ether oxygens (including phenoxy) is 1. The zero-order chi connectivity index (χ0) is 10.1. The van der Waals surface area contributed by atoms with Crippen LogP contribution in [0.4, 0.5) is 13.2 Å². The molecule has 6 heteroatoms. The zero-order valence-electron chi connectivity index (χ0n) is 7.10. The second kappa shape index (κ2) is 3.53. The van der Waals surface area contributed by atoms with Gasteiger partial charge in [0.1, 0.15) is 6.04 Å². The maximum atomic E-state index is 11.9. The first-order valence-corrected chi connectivity index (χ1v) is 3.82. The van der Waals surface area contributed by atoms with Crippen LogP contribution in [0.5, 0.6) is 0 Å². The number of methoxy groups -OCH3 is 1. The standard InChI is InChI=1S/C7H10F3NO2/c1-13-6(12)5-2-3-11(5)4-7(8,9)10/h5H,2-4H2,1H3/t5-/m1/s1. The van der Waals surface area contributed by atoms with Crippen molar-refractivity contribution in [2.24, 2.45) is 0 Å². The van der Waals surface area contributed by atoms with Crippen molar-refractivity contribution in [2.45, 2.75) is 18.6 Å². The molecule has 13 heavy (non-hydrogen) atoms. The summed E-state index contributed by atoms with van der Waals surface area (Å²) in [6.45, 7) is -0.730. The van der Waals surface area contributed by atoms with E-state index >= 15 is 0 Å². The highest BCUT2D eigenvalue weighted by Gasteiger charge is 2.41. The number of alkyl halides is 3. The predicted molar refractivity (Wildman–Crippen MR) is 38.0 cm³/mol. The fraction of sp³-hybridized carbons (Fsp3) is 0.857. The molecular formula is C7H10F3NO2. The normalized spacial score (nSPS) is 23.8. The third-order valence-electron chi connectivity index (χ3n) is 1.99. The average Bonchev–Trinajstić information content (AvgIpc) is 1.96. The molecule has 0 saturated carbocycles. The first-order chi connectivity index (χ1) is 5.94. The Morgan fingerprint density at radius 3 is 2.54 bits per heavy atom. The van der Waals surface area contributed by atoms with Crippen LogP contribution in [0.1, 0.15) is 6.42 Å². The van der Waals surface area contributed by atoms with Crippen molar-refractivity contribution in [3.05, 3.63) is 0 Å². The van der Waals surface area contributed by atoms with E-state index in [1.807, 2.05) is 0 Å². The predicted octanol–water partition coefficient (Wildman–Crippen LogP) is 0.796. The lowest BCUT2D eigenvalue weighted by atomic mass is 10.0. The molecular weight excluding hydrogens is 187 g/mol. The van der Waals surface area contributed by atoms with E-state index in [0.717, 1.165) is 4.90 Å². The van der Waals surface area contributed by atoms with Crippen molar-refractivity contribution >= 4 is 5.97 Å². The fourth-order valence-electron chi connectivity index (χ4n) is 1.26. The van der Waals surface area contributed by atoms with Crippen molar-refractivity contribution in [3.63, 3.8) is 0 Å². The van der Waals surface area contributed by atoms with Crippen LogP contribution in [0, 0.1) is 0 Å². The second-order valence-corrected chi connectivity index (χ2v) is 2.91. The molecule has 1 saturated heterocycles. The Morgan fingerprint density at radius 1 is 1.62 bits per heavy atom. The minimum absolute atomic E-state index is 0.305. The Kier molecular flexibility index (Phi) is 2.80. The van der Waals surface area contributed by atoms with E-state index < -0.39 is 24.7 Å². The maximum Gasteiger partial charge on any atom is 0.401 e. The first-order valence-electron chi connectivity index (χ1n) is 3.82. The lowest BCUT2D eigenvalue weighted by Crippen LogP contribution is -2.55. The van der Waals surface area contributed by atoms with Gasteiger partial charge in [0.2, 0.25) is 0 Å². The molecule has 1 fully saturated rings. The van der Waals surface area contributed by atoms with Gasteiger partial charge in [-0.2, -0.15) is 13.2 Å². The molecule has 0 spiro atoms. The van der Waals surface area contributed by atoms with Crippen LogP contribution >= 0.6 is 0 Å². The SMILES string of the molecule is COC(=O)[C@H]1CCN1CC(F)(F)F. The number of esters is 1. The van der Waals surface area contributed by atoms with Gasteiger partial charge < -0.3 is 4.74 Å². The van der Waals surface area contributed by atoms with Crippen molar-refractivity contribution in [1.29, 1.82) is 0 Å². The number of rotatable bonds is 2. The molecule has 0 N–H and O–H groups in total. The van der Waals surface area contributed by atoms with E-state index in [9.17, 15) is 18.0 Å². The lowest BCUT2D eigenvalue weighted by molar-refractivity contribution is -0.175. The van der Waals surface area contributed by atoms with Crippen LogP contribution in [-0.4, -0.2) is 43.3 Å². The van der Waals surface area contributed by atoms with Gasteiger partial charge in [0.15, 0.2) is 0 Å². The van der Waals surface area contributed by atoms with Gasteiger partial charge >= 0.3 is 12.1 Å². The number of hydrogen-bond donors (Lipinski definition) is 0. The summed E-state index contributed by atoms with van der Waals surface area (Å²) >= 11 is 0. The summed E-state index contributed by atoms with van der Waals surface area (Å²) in [5.41, 5.74) is 0. The van der Waals surface area contributed by atoms with Crippen LogP contribution < -0.4 is 0 Å². The molecule has 3 nitrogen and oxygen atoms in total. The van der Waals surface area contributed by atoms with Gasteiger partial charge in [-0.3, -0.25) is 9.69 Å². The number of likely N-dealkylation sites (tertiary alicyclic amines) is 1. The van der Waals surface area contributed by atoms with E-state index in [1.165, 1.54) is 7.11 Å². The van der Waals surface area contributed by atoms with Crippen molar-refractivity contribution < 1.29 is 22.7 Å². The smallest absolute Gasteiger partial charge is 0.401 e. The van der Waals surface area contributed by atoms with Crippen LogP contribution in [0.15, 0.2) is 0 Å². The third kappa shape index (κ3) is 2.58. The molecule has 1 rings (SSSR count). The Hall–Kier alpha value is -0.780. The molecule has 1 heterocycles. The molecule has 76 valence electrons. The van der Waals surface area contributed by atoms with Crippen molar-refractivity contribution in [3.8, 4) is 0 Å². The van der Waals surface area contributed by atoms with Gasteiger partial charge in [0.05, 0.1) is 13.7 Å². The summed E-state index contributed by atoms with van der Waals surface area (Å²) in [6.07, 6.45) is -3.80. The molecule has 1 atom stereocenters. The summed E-state index contributed by atoms with van der Waals surface area (Å²) in [7, 11) is 1.17. The summed E-state index contributed by atoms with van der Waals surface area (Å²) in [5.74, 6) is -0.587. The number of carbonyl (C=O) groups excluding carboxylic acids is 1. The number of halogens is 3. The quantitative estimate of drug-likeness (QED) is 0.613. The summed E-state index contributed by atoms with van der Waals surface area (Å²) in [4.78, 5) is 11.9. The van der Waals surface area contributed by atoms with E-state index in [1.54, 1.807) is 0 Å². The fourth-order valence-corrected chi connectivity index (χ4v) is 1.26. The molecule has 0 radical (unpaired) electrons. The largest absolute Gasteiger partial charge is 0.468 e. The molecule has 0 aromatic carbocycles. The molecule has 0 bridgehead atoms. The van der Waals surface area contributed by atoms with E-state index in [2.05, 4.69) is 4.74 Å². The van der Waals surface area contributed by atoms with Gasteiger partial charge in [-0.05, 0) is 6.42 Å². The molecule has 1 aliphatic heterocycles. The van der Waals surface area contributed by atoms with Crippen LogP contribution in [-0.2, 0) is 9.53 Å². The highest BCUT2D eigenvalue weighted by Crippen LogP contribution is 2.25. The van der Waals surface area contributed by atoms with Gasteiger partial charge in [-0.1, -0.05) is 0 Å². The molecule has 0 aromatic rings. The minimum atomic E-state index is -4.24. The van der Waals surface area contributed by atoms with E-state index in [-0.39, 0.29) is 0 Å². The molecule has 0 unspecified atom stereocenters. The molecule has 0 aliphatic carbocycles. The van der Waals surface area contributed by atoms with E-state index in [4.69, 9.17) is 0 Å². The number of carbonyl (C=O) groups is 1. The van der Waals surface area contributed by atoms with Gasteiger partial charge in [0, 0.05) is 6.54 Å². The van der Waals surface area contributed by atoms with Gasteiger partial charge in [-0.25, -0.2) is 0 Å². The highest BCUT2D eigenvalue weighted by atomic mass is 19.4. The van der Waals surface area contributed by atoms with Crippen molar-refractivity contribution in [2.75, 3.05) is 20.2 Å². The molecule has 1 aliphatic rings. The van der Waals surface area contributed by atoms with Gasteiger partial charge in [-0.15, -0.1) is 0 Å².